The van der Waals surface area contributed by atoms with Crippen LogP contribution in [0.3, 0.4) is 0 Å². The lowest BCUT2D eigenvalue weighted by Crippen LogP contribution is -2.12. The zero-order chi connectivity index (χ0) is 18.5. The third kappa shape index (κ3) is 4.06. The van der Waals surface area contributed by atoms with Gasteiger partial charge in [-0.25, -0.2) is 9.36 Å². The van der Waals surface area contributed by atoms with Crippen LogP contribution in [0.5, 0.6) is 0 Å². The summed E-state index contributed by atoms with van der Waals surface area (Å²) in [6.07, 6.45) is 6.23. The highest BCUT2D eigenvalue weighted by Gasteiger charge is 2.07. The summed E-state index contributed by atoms with van der Waals surface area (Å²) >= 11 is 0. The monoisotopic (exact) mass is 359 g/mol. The molecule has 0 saturated heterocycles. The molecule has 1 N–H and O–H groups in total. The number of hydrogen-bond acceptors (Lipinski definition) is 5. The van der Waals surface area contributed by atoms with Gasteiger partial charge in [-0.1, -0.05) is 24.3 Å². The fourth-order valence-corrected chi connectivity index (χ4v) is 2.70. The quantitative estimate of drug-likeness (QED) is 0.571. The fraction of sp³-hybridized carbons (Fsp3) is 0.105. The molecule has 2 aromatic carbocycles. The van der Waals surface area contributed by atoms with E-state index in [1.807, 2.05) is 65.5 Å². The van der Waals surface area contributed by atoms with Crippen LogP contribution in [0.1, 0.15) is 12.0 Å². The Morgan fingerprint density at radius 2 is 1.85 bits per heavy atom. The Balaban J connectivity index is 1.35. The number of aryl methyl sites for hydroxylation is 1. The molecule has 0 saturated carbocycles. The van der Waals surface area contributed by atoms with E-state index in [1.54, 1.807) is 6.20 Å². The van der Waals surface area contributed by atoms with E-state index in [4.69, 9.17) is 0 Å². The molecule has 0 aliphatic heterocycles. The highest BCUT2D eigenvalue weighted by Crippen LogP contribution is 2.14. The van der Waals surface area contributed by atoms with Gasteiger partial charge in [-0.15, -0.1) is 5.10 Å². The van der Waals surface area contributed by atoms with Gasteiger partial charge in [0.25, 0.3) is 0 Å². The number of carbonyl (C=O) groups excluding carboxylic acids is 1. The number of hydrogen-bond donors (Lipinski definition) is 1. The van der Waals surface area contributed by atoms with Crippen LogP contribution in [0, 0.1) is 0 Å². The molecular weight excluding hydrogens is 342 g/mol. The van der Waals surface area contributed by atoms with Crippen molar-refractivity contribution in [3.05, 3.63) is 78.9 Å². The molecule has 1 amide bonds. The van der Waals surface area contributed by atoms with Crippen molar-refractivity contribution in [2.45, 2.75) is 12.8 Å². The summed E-state index contributed by atoms with van der Waals surface area (Å²) in [6, 6.07) is 17.2. The molecule has 2 heterocycles. The smallest absolute Gasteiger partial charge is 0.224 e. The zero-order valence-electron chi connectivity index (χ0n) is 14.4. The maximum Gasteiger partial charge on any atom is 0.224 e. The number of tetrazole rings is 1. The summed E-state index contributed by atoms with van der Waals surface area (Å²) in [4.78, 5) is 12.3. The molecule has 0 atom stereocenters. The minimum absolute atomic E-state index is 0.0590. The van der Waals surface area contributed by atoms with Crippen molar-refractivity contribution in [3.63, 3.8) is 0 Å². The van der Waals surface area contributed by atoms with Crippen LogP contribution >= 0.6 is 0 Å². The lowest BCUT2D eigenvalue weighted by Gasteiger charge is -2.06. The van der Waals surface area contributed by atoms with E-state index in [1.165, 1.54) is 11.0 Å². The molecule has 2 aromatic heterocycles. The molecule has 0 unspecified atom stereocenters. The molecular formula is C19H17N7O. The van der Waals surface area contributed by atoms with E-state index in [-0.39, 0.29) is 5.91 Å². The Morgan fingerprint density at radius 3 is 2.67 bits per heavy atom. The van der Waals surface area contributed by atoms with Gasteiger partial charge >= 0.3 is 0 Å². The number of para-hydroxylation sites is 1. The van der Waals surface area contributed by atoms with Crippen LogP contribution < -0.4 is 5.32 Å². The lowest BCUT2D eigenvalue weighted by atomic mass is 10.2. The summed E-state index contributed by atoms with van der Waals surface area (Å²) < 4.78 is 3.34. The highest BCUT2D eigenvalue weighted by molar-refractivity contribution is 5.91. The average molecular weight is 359 g/mol. The van der Waals surface area contributed by atoms with E-state index < -0.39 is 0 Å². The first-order valence-corrected chi connectivity index (χ1v) is 8.50. The molecule has 0 aliphatic carbocycles. The number of amides is 1. The molecule has 8 heteroatoms. The van der Waals surface area contributed by atoms with Crippen LogP contribution in [0.4, 0.5) is 5.69 Å². The first-order chi connectivity index (χ1) is 13.3. The molecule has 0 fully saturated rings. The van der Waals surface area contributed by atoms with Crippen molar-refractivity contribution in [2.75, 3.05) is 5.32 Å². The van der Waals surface area contributed by atoms with Crippen LogP contribution in [0.25, 0.3) is 11.4 Å². The minimum atomic E-state index is -0.0590. The maximum atomic E-state index is 12.3. The third-order valence-corrected chi connectivity index (χ3v) is 4.04. The molecule has 4 aromatic rings. The Bertz CT molecular complexity index is 1030. The van der Waals surface area contributed by atoms with Crippen LogP contribution in [-0.4, -0.2) is 35.9 Å². The minimum Gasteiger partial charge on any atom is -0.326 e. The summed E-state index contributed by atoms with van der Waals surface area (Å²) in [7, 11) is 0. The standard InChI is InChI=1S/C19H17N7O/c27-19(22-16-5-4-8-18(11-16)26-14-20-23-24-26)10-9-15-12-21-25(13-15)17-6-2-1-3-7-17/h1-8,11-14H,9-10H2,(H,22,27). The molecule has 27 heavy (non-hydrogen) atoms. The highest BCUT2D eigenvalue weighted by atomic mass is 16.1. The molecule has 0 spiro atoms. The predicted octanol–water partition coefficient (Wildman–Crippen LogP) is 2.42. The van der Waals surface area contributed by atoms with Gasteiger partial charge in [0.2, 0.25) is 5.91 Å². The van der Waals surface area contributed by atoms with Gasteiger partial charge in [-0.05, 0) is 52.7 Å². The van der Waals surface area contributed by atoms with E-state index in [9.17, 15) is 4.79 Å². The van der Waals surface area contributed by atoms with E-state index in [0.717, 1.165) is 16.9 Å². The normalized spacial score (nSPS) is 10.7. The zero-order valence-corrected chi connectivity index (χ0v) is 14.4. The van der Waals surface area contributed by atoms with Crippen molar-refractivity contribution < 1.29 is 4.79 Å². The Kier molecular flexibility index (Phi) is 4.69. The molecule has 0 radical (unpaired) electrons. The van der Waals surface area contributed by atoms with E-state index in [0.29, 0.717) is 18.5 Å². The first kappa shape index (κ1) is 16.6. The van der Waals surface area contributed by atoms with Crippen LogP contribution in [0.15, 0.2) is 73.3 Å². The van der Waals surface area contributed by atoms with Crippen molar-refractivity contribution in [1.29, 1.82) is 0 Å². The number of anilines is 1. The maximum absolute atomic E-state index is 12.3. The number of aromatic nitrogens is 6. The van der Waals surface area contributed by atoms with Gasteiger partial charge in [-0.3, -0.25) is 4.79 Å². The fourth-order valence-electron chi connectivity index (χ4n) is 2.70. The van der Waals surface area contributed by atoms with E-state index >= 15 is 0 Å². The third-order valence-electron chi connectivity index (χ3n) is 4.04. The van der Waals surface area contributed by atoms with Gasteiger partial charge < -0.3 is 5.32 Å². The number of carbonyl (C=O) groups is 1. The lowest BCUT2D eigenvalue weighted by molar-refractivity contribution is -0.116. The second-order valence-electron chi connectivity index (χ2n) is 5.98. The largest absolute Gasteiger partial charge is 0.326 e. The Morgan fingerprint density at radius 1 is 1.00 bits per heavy atom. The van der Waals surface area contributed by atoms with Crippen molar-refractivity contribution in [1.82, 2.24) is 30.0 Å². The second-order valence-corrected chi connectivity index (χ2v) is 5.98. The number of benzene rings is 2. The molecule has 134 valence electrons. The number of rotatable bonds is 6. The summed E-state index contributed by atoms with van der Waals surface area (Å²) in [5.41, 5.74) is 3.49. The molecule has 4 rings (SSSR count). The number of nitrogens with zero attached hydrogens (tertiary/aromatic N) is 6. The van der Waals surface area contributed by atoms with Crippen molar-refractivity contribution in [3.8, 4) is 11.4 Å². The van der Waals surface area contributed by atoms with Gasteiger partial charge in [0, 0.05) is 18.3 Å². The van der Waals surface area contributed by atoms with Crippen molar-refractivity contribution >= 4 is 11.6 Å². The van der Waals surface area contributed by atoms with Crippen LogP contribution in [0.2, 0.25) is 0 Å². The summed E-state index contributed by atoms with van der Waals surface area (Å²) in [6.45, 7) is 0. The summed E-state index contributed by atoms with van der Waals surface area (Å²) in [5.74, 6) is -0.0590. The average Bonchev–Trinajstić information content (AvgIpc) is 3.40. The number of nitrogens with one attached hydrogen (secondary N) is 1. The first-order valence-electron chi connectivity index (χ1n) is 8.50. The summed E-state index contributed by atoms with van der Waals surface area (Å²) in [5, 5.41) is 18.3. The van der Waals surface area contributed by atoms with Gasteiger partial charge in [0.05, 0.1) is 17.6 Å². The van der Waals surface area contributed by atoms with Gasteiger partial charge in [0.15, 0.2) is 0 Å². The van der Waals surface area contributed by atoms with Crippen LogP contribution in [-0.2, 0) is 11.2 Å². The molecule has 8 nitrogen and oxygen atoms in total. The molecule has 0 bridgehead atoms. The second kappa shape index (κ2) is 7.61. The molecule has 0 aliphatic rings. The van der Waals surface area contributed by atoms with Crippen molar-refractivity contribution in [2.24, 2.45) is 0 Å². The Labute approximate surface area is 155 Å². The van der Waals surface area contributed by atoms with Gasteiger partial charge in [0.1, 0.15) is 6.33 Å². The SMILES string of the molecule is O=C(CCc1cnn(-c2ccccc2)c1)Nc1cccc(-n2cnnn2)c1. The van der Waals surface area contributed by atoms with E-state index in [2.05, 4.69) is 25.9 Å². The Hall–Kier alpha value is -3.81. The van der Waals surface area contributed by atoms with Gasteiger partial charge in [-0.2, -0.15) is 5.10 Å². The predicted molar refractivity (Wildman–Crippen MR) is 99.7 cm³/mol. The topological polar surface area (TPSA) is 90.5 Å².